The molecule has 1 rings (SSSR count). The number of alkyl halides is 1. The molecular weight excluding hydrogens is 293 g/mol. The maximum Gasteiger partial charge on any atom is 0.305 e. The molecule has 0 saturated heterocycles. The first-order chi connectivity index (χ1) is 7.85. The van der Waals surface area contributed by atoms with E-state index in [1.165, 1.54) is 6.07 Å². The summed E-state index contributed by atoms with van der Waals surface area (Å²) in [7, 11) is 0. The van der Waals surface area contributed by atoms with Crippen LogP contribution in [-0.2, 0) is 0 Å². The number of nitrogens with zero attached hydrogens (tertiary/aromatic N) is 1. The Morgan fingerprint density at radius 2 is 2.18 bits per heavy atom. The van der Waals surface area contributed by atoms with Crippen molar-refractivity contribution in [1.29, 1.82) is 0 Å². The lowest BCUT2D eigenvalue weighted by atomic mass is 9.98. The van der Waals surface area contributed by atoms with E-state index in [4.69, 9.17) is 4.74 Å². The molecule has 17 heavy (non-hydrogen) atoms. The number of ether oxygens (including phenoxy) is 1. The summed E-state index contributed by atoms with van der Waals surface area (Å²) in [4.78, 5) is 9.65. The van der Waals surface area contributed by atoms with Gasteiger partial charge in [0.1, 0.15) is 5.75 Å². The summed E-state index contributed by atoms with van der Waals surface area (Å²) in [6.45, 7) is 4.38. The average molecular weight is 306 g/mol. The fourth-order valence-corrected chi connectivity index (χ4v) is 1.20. The van der Waals surface area contributed by atoms with Crippen molar-refractivity contribution in [3.05, 3.63) is 34.1 Å². The highest BCUT2D eigenvalue weighted by molar-refractivity contribution is 9.09. The lowest BCUT2D eigenvalue weighted by Crippen LogP contribution is -2.22. The number of hydrogen-bond donors (Lipinski definition) is 0. The number of rotatable bonds is 5. The van der Waals surface area contributed by atoms with Gasteiger partial charge in [-0.1, -0.05) is 29.8 Å². The summed E-state index contributed by atoms with van der Waals surface area (Å²) in [5.41, 5.74) is -0.629. The molecule has 0 amide bonds. The van der Waals surface area contributed by atoms with Crippen LogP contribution in [0.4, 0.5) is 10.1 Å². The third-order valence-electron chi connectivity index (χ3n) is 2.11. The minimum Gasteiger partial charge on any atom is -0.493 e. The van der Waals surface area contributed by atoms with E-state index in [0.717, 1.165) is 17.5 Å². The van der Waals surface area contributed by atoms with Gasteiger partial charge in [0.2, 0.25) is 5.82 Å². The van der Waals surface area contributed by atoms with Crippen LogP contribution in [0.15, 0.2) is 18.2 Å². The van der Waals surface area contributed by atoms with E-state index in [9.17, 15) is 14.5 Å². The highest BCUT2D eigenvalue weighted by Crippen LogP contribution is 2.25. The minimum absolute atomic E-state index is 0.0851. The minimum atomic E-state index is -0.885. The van der Waals surface area contributed by atoms with Gasteiger partial charge in [0.15, 0.2) is 0 Å². The summed E-state index contributed by atoms with van der Waals surface area (Å²) in [6, 6.07) is 3.53. The van der Waals surface area contributed by atoms with Gasteiger partial charge in [-0.15, -0.1) is 0 Å². The topological polar surface area (TPSA) is 52.4 Å². The third-order valence-corrected chi connectivity index (χ3v) is 3.63. The van der Waals surface area contributed by atoms with Gasteiger partial charge in [0.05, 0.1) is 11.5 Å². The van der Waals surface area contributed by atoms with E-state index in [1.54, 1.807) is 0 Å². The van der Waals surface area contributed by atoms with Gasteiger partial charge >= 0.3 is 5.69 Å². The first-order valence-corrected chi connectivity index (χ1v) is 6.10. The van der Waals surface area contributed by atoms with Crippen LogP contribution in [0, 0.1) is 21.3 Å². The van der Waals surface area contributed by atoms with Crippen molar-refractivity contribution in [1.82, 2.24) is 0 Å². The predicted molar refractivity (Wildman–Crippen MR) is 66.1 cm³/mol. The van der Waals surface area contributed by atoms with Gasteiger partial charge in [-0.05, 0) is 6.07 Å². The molecule has 0 N–H and O–H groups in total. The smallest absolute Gasteiger partial charge is 0.305 e. The highest BCUT2D eigenvalue weighted by Gasteiger charge is 2.19. The molecule has 0 radical (unpaired) electrons. The van der Waals surface area contributed by atoms with E-state index in [1.807, 2.05) is 13.8 Å². The van der Waals surface area contributed by atoms with Gasteiger partial charge in [0.25, 0.3) is 0 Å². The van der Waals surface area contributed by atoms with Crippen molar-refractivity contribution < 1.29 is 14.1 Å². The highest BCUT2D eigenvalue weighted by atomic mass is 79.9. The van der Waals surface area contributed by atoms with Crippen molar-refractivity contribution in [2.45, 2.75) is 13.8 Å². The molecule has 1 aromatic rings. The molecule has 1 aromatic carbocycles. The number of nitro groups is 1. The second-order valence-corrected chi connectivity index (χ2v) is 5.02. The van der Waals surface area contributed by atoms with Crippen molar-refractivity contribution in [2.75, 3.05) is 11.9 Å². The quantitative estimate of drug-likeness (QED) is 0.475. The largest absolute Gasteiger partial charge is 0.493 e. The zero-order valence-electron chi connectivity index (χ0n) is 9.57. The molecule has 94 valence electrons. The molecule has 0 aliphatic rings. The van der Waals surface area contributed by atoms with Crippen molar-refractivity contribution in [3.8, 4) is 5.75 Å². The normalized spacial score (nSPS) is 11.3. The summed E-state index contributed by atoms with van der Waals surface area (Å²) in [6.07, 6.45) is 0. The Morgan fingerprint density at radius 3 is 2.65 bits per heavy atom. The zero-order chi connectivity index (χ0) is 13.1. The van der Waals surface area contributed by atoms with Gasteiger partial charge in [-0.25, -0.2) is 0 Å². The molecule has 0 aliphatic heterocycles. The van der Waals surface area contributed by atoms with E-state index < -0.39 is 16.4 Å². The molecule has 0 saturated carbocycles. The van der Waals surface area contributed by atoms with Crippen LogP contribution in [0.3, 0.4) is 0 Å². The second kappa shape index (κ2) is 5.44. The Labute approximate surface area is 107 Å². The molecule has 0 heterocycles. The van der Waals surface area contributed by atoms with Crippen molar-refractivity contribution in [2.24, 2.45) is 5.41 Å². The number of benzene rings is 1. The van der Waals surface area contributed by atoms with Gasteiger partial charge in [-0.3, -0.25) is 10.1 Å². The summed E-state index contributed by atoms with van der Waals surface area (Å²) in [5, 5.41) is 11.2. The fourth-order valence-electron chi connectivity index (χ4n) is 1.04. The standard InChI is InChI=1S/C11H13BrFNO3/c1-11(2,6-12)7-17-8-3-4-10(14(15)16)9(13)5-8/h3-5H,6-7H2,1-2H3. The van der Waals surface area contributed by atoms with Crippen LogP contribution in [-0.4, -0.2) is 16.9 Å². The lowest BCUT2D eigenvalue weighted by Gasteiger charge is -2.21. The molecule has 0 aliphatic carbocycles. The van der Waals surface area contributed by atoms with Crippen LogP contribution in [0.2, 0.25) is 0 Å². The van der Waals surface area contributed by atoms with Gasteiger partial charge in [0, 0.05) is 22.9 Å². The molecule has 0 atom stereocenters. The van der Waals surface area contributed by atoms with Crippen molar-refractivity contribution in [3.63, 3.8) is 0 Å². The molecule has 4 nitrogen and oxygen atoms in total. The van der Waals surface area contributed by atoms with E-state index in [0.29, 0.717) is 12.4 Å². The van der Waals surface area contributed by atoms with Crippen LogP contribution in [0.5, 0.6) is 5.75 Å². The number of nitro benzene ring substituents is 1. The first kappa shape index (κ1) is 13.9. The molecule has 0 unspecified atom stereocenters. The van der Waals surface area contributed by atoms with E-state index >= 15 is 0 Å². The molecule has 0 spiro atoms. The van der Waals surface area contributed by atoms with E-state index in [-0.39, 0.29) is 5.41 Å². The predicted octanol–water partition coefficient (Wildman–Crippen LogP) is 3.53. The van der Waals surface area contributed by atoms with Crippen LogP contribution in [0.25, 0.3) is 0 Å². The Balaban J connectivity index is 2.75. The number of hydrogen-bond acceptors (Lipinski definition) is 3. The Bertz CT molecular complexity index is 423. The maximum absolute atomic E-state index is 13.3. The van der Waals surface area contributed by atoms with Gasteiger partial charge < -0.3 is 4.74 Å². The Hall–Kier alpha value is -1.17. The summed E-state index contributed by atoms with van der Waals surface area (Å²) >= 11 is 3.35. The molecule has 0 bridgehead atoms. The Morgan fingerprint density at radius 1 is 1.53 bits per heavy atom. The second-order valence-electron chi connectivity index (χ2n) is 4.46. The SMILES string of the molecule is CC(C)(CBr)COc1ccc([N+](=O)[O-])c(F)c1. The van der Waals surface area contributed by atoms with E-state index in [2.05, 4.69) is 15.9 Å². The monoisotopic (exact) mass is 305 g/mol. The summed E-state index contributed by atoms with van der Waals surface area (Å²) in [5.74, 6) is -0.591. The maximum atomic E-state index is 13.3. The van der Waals surface area contributed by atoms with Gasteiger partial charge in [-0.2, -0.15) is 4.39 Å². The molecular formula is C11H13BrFNO3. The van der Waals surface area contributed by atoms with Crippen LogP contribution < -0.4 is 4.74 Å². The summed E-state index contributed by atoms with van der Waals surface area (Å²) < 4.78 is 18.7. The lowest BCUT2D eigenvalue weighted by molar-refractivity contribution is -0.387. The zero-order valence-corrected chi connectivity index (χ0v) is 11.2. The third kappa shape index (κ3) is 3.96. The van der Waals surface area contributed by atoms with Crippen LogP contribution >= 0.6 is 15.9 Å². The van der Waals surface area contributed by atoms with Crippen molar-refractivity contribution >= 4 is 21.6 Å². The fraction of sp³-hybridized carbons (Fsp3) is 0.455. The molecule has 0 aromatic heterocycles. The van der Waals surface area contributed by atoms with Crippen LogP contribution in [0.1, 0.15) is 13.8 Å². The average Bonchev–Trinajstić information content (AvgIpc) is 2.26. The molecule has 0 fully saturated rings. The molecule has 6 heteroatoms. The Kier molecular flexibility index (Phi) is 4.45. The first-order valence-electron chi connectivity index (χ1n) is 4.98. The number of halogens is 2.